The fourth-order valence-electron chi connectivity index (χ4n) is 8.42. The van der Waals surface area contributed by atoms with E-state index in [0.29, 0.717) is 17.8 Å². The molecule has 7 heteroatoms. The smallest absolute Gasteiger partial charge is 0.124 e. The molecule has 0 aliphatic rings. The molecule has 0 N–H and O–H groups in total. The number of benzene rings is 5. The number of pyridine rings is 2. The van der Waals surface area contributed by atoms with E-state index in [0.717, 1.165) is 67.7 Å². The number of aromatic nitrogens is 4. The van der Waals surface area contributed by atoms with Gasteiger partial charge in [0.25, 0.3) is 0 Å². The first kappa shape index (κ1) is 44.9. The molecule has 5 nitrogen and oxygen atoms in total. The largest absolute Gasteiger partial charge is 0.500 e. The van der Waals surface area contributed by atoms with E-state index in [9.17, 15) is 0 Å². The molecule has 1 radical (unpaired) electrons. The zero-order valence-electron chi connectivity index (χ0n) is 37.6. The van der Waals surface area contributed by atoms with Crippen molar-refractivity contribution in [2.45, 2.75) is 84.0 Å². The van der Waals surface area contributed by atoms with Crippen LogP contribution < -0.4 is 4.40 Å². The Kier molecular flexibility index (Phi) is 13.5. The molecule has 4 heterocycles. The molecule has 0 amide bonds. The third kappa shape index (κ3) is 9.15. The Bertz CT molecular complexity index is 2950. The summed E-state index contributed by atoms with van der Waals surface area (Å²) in [6.45, 7) is 15.7. The van der Waals surface area contributed by atoms with Crippen LogP contribution in [-0.4, -0.2) is 32.8 Å². The molecule has 0 saturated heterocycles. The summed E-state index contributed by atoms with van der Waals surface area (Å²) in [5.41, 5.74) is 15.3. The summed E-state index contributed by atoms with van der Waals surface area (Å²) in [5.74, 6) is 9.41. The Morgan fingerprint density at radius 1 is 0.694 bits per heavy atom. The van der Waals surface area contributed by atoms with Gasteiger partial charge in [-0.25, -0.2) is 0 Å². The third-order valence-electron chi connectivity index (χ3n) is 11.4. The van der Waals surface area contributed by atoms with E-state index in [2.05, 4.69) is 172 Å². The molecular formula is C55H56GeIrN4O-2. The molecule has 62 heavy (non-hydrogen) atoms. The molecular weight excluding hydrogens is 997 g/mol. The fraction of sp³-hybridized carbons (Fsp3) is 0.255. The van der Waals surface area contributed by atoms with Gasteiger partial charge >= 0.3 is 126 Å². The molecule has 0 atom stereocenters. The Hall–Kier alpha value is -5.14. The molecule has 0 spiro atoms. The van der Waals surface area contributed by atoms with Gasteiger partial charge in [0.15, 0.2) is 0 Å². The van der Waals surface area contributed by atoms with E-state index in [1.165, 1.54) is 33.5 Å². The molecule has 0 bridgehead atoms. The summed E-state index contributed by atoms with van der Waals surface area (Å²) in [7, 11) is 0. The van der Waals surface area contributed by atoms with E-state index >= 15 is 0 Å². The van der Waals surface area contributed by atoms with Crippen LogP contribution in [0.15, 0.2) is 132 Å². The first-order valence-corrected chi connectivity index (χ1v) is 29.0. The van der Waals surface area contributed by atoms with Gasteiger partial charge in [-0.15, -0.1) is 18.2 Å². The van der Waals surface area contributed by atoms with Crippen LogP contribution in [-0.2, 0) is 26.5 Å². The SMILES string of the molecule is CC(C)Cc1cc(-c2[c-]cccc2)nc[c]1[Ge]([CH3])([CH3])[CH3].Cc1cc2oc3c(-c4nc5ccccc5n4-c4c(C(C)C)cc(-c5ccccc5)cc4C(C)C)[c-]ccc3c2cn1.[Ir]. The number of fused-ring (bicyclic) bond motifs is 4. The predicted octanol–water partition coefficient (Wildman–Crippen LogP) is 14.3. The second kappa shape index (κ2) is 18.7. The van der Waals surface area contributed by atoms with Crippen LogP contribution in [0.1, 0.15) is 75.8 Å². The minimum Gasteiger partial charge on any atom is -0.500 e. The molecule has 9 rings (SSSR count). The van der Waals surface area contributed by atoms with Crippen molar-refractivity contribution in [3.8, 4) is 39.5 Å². The molecule has 0 aliphatic heterocycles. The minimum absolute atomic E-state index is 0. The zero-order valence-corrected chi connectivity index (χ0v) is 42.1. The van der Waals surface area contributed by atoms with E-state index in [-0.39, 0.29) is 20.1 Å². The quantitative estimate of drug-likeness (QED) is 0.107. The predicted molar refractivity (Wildman–Crippen MR) is 259 cm³/mol. The molecule has 5 aromatic carbocycles. The van der Waals surface area contributed by atoms with E-state index in [4.69, 9.17) is 14.4 Å². The summed E-state index contributed by atoms with van der Waals surface area (Å²) < 4.78 is 10.4. The van der Waals surface area contributed by atoms with Gasteiger partial charge in [0.2, 0.25) is 0 Å². The Morgan fingerprint density at radius 2 is 1.39 bits per heavy atom. The van der Waals surface area contributed by atoms with Crippen LogP contribution in [0.2, 0.25) is 17.3 Å². The average molecular weight is 1050 g/mol. The minimum atomic E-state index is -1.86. The van der Waals surface area contributed by atoms with Gasteiger partial charge in [0, 0.05) is 49.1 Å². The molecule has 0 fully saturated rings. The second-order valence-corrected chi connectivity index (χ2v) is 28.9. The van der Waals surface area contributed by atoms with Crippen LogP contribution in [0.5, 0.6) is 0 Å². The van der Waals surface area contributed by atoms with Gasteiger partial charge in [-0.1, -0.05) is 81.1 Å². The van der Waals surface area contributed by atoms with Crippen molar-refractivity contribution >= 4 is 50.6 Å². The molecule has 0 saturated carbocycles. The van der Waals surface area contributed by atoms with Crippen molar-refractivity contribution < 1.29 is 24.5 Å². The standard InChI is InChI=1S/C37H32N3O.C18H24GeN.Ir/c1-22(2)29-19-26(25-12-7-6-8-13-25)20-30(23(3)4)35(29)40-33-17-10-9-16-32(33)39-37(40)28-15-11-14-27-31-21-38-24(5)18-34(31)41-36(27)28;1-14(2)11-16-12-18(15-9-7-6-8-10-15)20-13-17(16)19(3,4)5;/h6-14,16-23H,1-5H3;6-9,12-14H,11H2,1-5H3;/q2*-1;. The van der Waals surface area contributed by atoms with Crippen LogP contribution in [0.3, 0.4) is 0 Å². The van der Waals surface area contributed by atoms with Crippen LogP contribution >= 0.6 is 0 Å². The van der Waals surface area contributed by atoms with Crippen molar-refractivity contribution in [1.29, 1.82) is 0 Å². The summed E-state index contributed by atoms with van der Waals surface area (Å²) in [6, 6.07) is 47.0. The number of imidazole rings is 1. The summed E-state index contributed by atoms with van der Waals surface area (Å²) >= 11 is -1.86. The summed E-state index contributed by atoms with van der Waals surface area (Å²) in [5, 5.41) is 2.02. The fourth-order valence-corrected chi connectivity index (χ4v) is 11.8. The van der Waals surface area contributed by atoms with E-state index in [1.54, 1.807) is 4.40 Å². The summed E-state index contributed by atoms with van der Waals surface area (Å²) in [6.07, 6.45) is 5.17. The topological polar surface area (TPSA) is 56.7 Å². The number of nitrogens with zero attached hydrogens (tertiary/aromatic N) is 4. The van der Waals surface area contributed by atoms with Gasteiger partial charge in [0.05, 0.1) is 22.4 Å². The Labute approximate surface area is 383 Å². The van der Waals surface area contributed by atoms with Crippen LogP contribution in [0.4, 0.5) is 0 Å². The summed E-state index contributed by atoms with van der Waals surface area (Å²) in [4.78, 5) is 14.5. The van der Waals surface area contributed by atoms with E-state index in [1.807, 2.05) is 43.5 Å². The van der Waals surface area contributed by atoms with Crippen molar-refractivity contribution in [3.63, 3.8) is 0 Å². The number of rotatable bonds is 9. The maximum absolute atomic E-state index is 6.51. The Morgan fingerprint density at radius 3 is 2.05 bits per heavy atom. The van der Waals surface area contributed by atoms with Crippen LogP contribution in [0, 0.1) is 25.0 Å². The van der Waals surface area contributed by atoms with E-state index < -0.39 is 13.3 Å². The monoisotopic (exact) mass is 1060 g/mol. The number of aryl methyl sites for hydroxylation is 1. The van der Waals surface area contributed by atoms with Crippen molar-refractivity contribution in [3.05, 3.63) is 162 Å². The molecule has 4 aromatic heterocycles. The van der Waals surface area contributed by atoms with Gasteiger partial charge < -0.3 is 8.98 Å². The third-order valence-corrected chi connectivity index (χ3v) is 15.7. The van der Waals surface area contributed by atoms with Gasteiger partial charge in [-0.05, 0) is 65.3 Å². The first-order valence-electron chi connectivity index (χ1n) is 21.7. The zero-order chi connectivity index (χ0) is 43.0. The number of hydrogen-bond donors (Lipinski definition) is 0. The van der Waals surface area contributed by atoms with Gasteiger partial charge in [-0.3, -0.25) is 9.97 Å². The number of para-hydroxylation sites is 2. The van der Waals surface area contributed by atoms with Gasteiger partial charge in [-0.2, -0.15) is 0 Å². The Balaban J connectivity index is 0.000000233. The van der Waals surface area contributed by atoms with Crippen LogP contribution in [0.25, 0.3) is 72.4 Å². The maximum atomic E-state index is 6.51. The molecule has 317 valence electrons. The van der Waals surface area contributed by atoms with Gasteiger partial charge in [0.1, 0.15) is 5.58 Å². The molecule has 0 aliphatic carbocycles. The number of hydrogen-bond acceptors (Lipinski definition) is 4. The second-order valence-electron chi connectivity index (χ2n) is 18.3. The van der Waals surface area contributed by atoms with Crippen molar-refractivity contribution in [1.82, 2.24) is 19.5 Å². The number of furan rings is 1. The van der Waals surface area contributed by atoms with Crippen molar-refractivity contribution in [2.24, 2.45) is 5.92 Å². The first-order chi connectivity index (χ1) is 29.3. The normalized spacial score (nSPS) is 11.8. The molecule has 0 unspecified atom stereocenters. The molecule has 9 aromatic rings. The maximum Gasteiger partial charge on any atom is 0.124 e. The van der Waals surface area contributed by atoms with Crippen molar-refractivity contribution in [2.75, 3.05) is 0 Å². The average Bonchev–Trinajstić information content (AvgIpc) is 3.81.